The maximum absolute atomic E-state index is 12.6. The second kappa shape index (κ2) is 4.24. The smallest absolute Gasteiger partial charge is 0.243 e. The van der Waals surface area contributed by atoms with Gasteiger partial charge < -0.3 is 4.90 Å². The fourth-order valence-electron chi connectivity index (χ4n) is 3.16. The van der Waals surface area contributed by atoms with Gasteiger partial charge in [-0.3, -0.25) is 9.69 Å². The van der Waals surface area contributed by atoms with Gasteiger partial charge in [-0.25, -0.2) is 0 Å². The Kier molecular flexibility index (Phi) is 3.14. The predicted octanol–water partition coefficient (Wildman–Crippen LogP) is 1.48. The number of carbonyl (C=O) groups is 1. The molecular weight excluding hydrogens is 226 g/mol. The highest BCUT2D eigenvalue weighted by Crippen LogP contribution is 2.46. The largest absolute Gasteiger partial charge is 0.338 e. The van der Waals surface area contributed by atoms with E-state index in [1.807, 2.05) is 4.90 Å². The molecule has 0 aromatic rings. The van der Waals surface area contributed by atoms with Crippen molar-refractivity contribution in [2.45, 2.75) is 39.2 Å². The van der Waals surface area contributed by atoms with Crippen molar-refractivity contribution in [2.75, 3.05) is 26.7 Å². The minimum atomic E-state index is -0.717. The Balaban J connectivity index is 2.09. The van der Waals surface area contributed by atoms with Crippen LogP contribution in [0.15, 0.2) is 0 Å². The SMILES string of the molecule is CC1CC(C#N)(C(=O)N2CCN(C)C(C)(C)C2)C1. The minimum Gasteiger partial charge on any atom is -0.338 e. The van der Waals surface area contributed by atoms with Crippen molar-refractivity contribution >= 4 is 5.91 Å². The molecule has 0 atom stereocenters. The summed E-state index contributed by atoms with van der Waals surface area (Å²) in [5.41, 5.74) is -0.717. The summed E-state index contributed by atoms with van der Waals surface area (Å²) in [5, 5.41) is 9.33. The van der Waals surface area contributed by atoms with Crippen molar-refractivity contribution in [1.29, 1.82) is 5.26 Å². The molecule has 2 fully saturated rings. The normalized spacial score (nSPS) is 35.7. The molecule has 0 aromatic heterocycles. The highest BCUT2D eigenvalue weighted by molar-refractivity contribution is 5.86. The summed E-state index contributed by atoms with van der Waals surface area (Å²) in [7, 11) is 2.09. The van der Waals surface area contributed by atoms with Crippen molar-refractivity contribution < 1.29 is 4.79 Å². The highest BCUT2D eigenvalue weighted by Gasteiger charge is 2.51. The second-order valence-corrected chi connectivity index (χ2v) is 6.67. The van der Waals surface area contributed by atoms with Crippen LogP contribution in [0.2, 0.25) is 0 Å². The number of likely N-dealkylation sites (N-methyl/N-ethyl adjacent to an activating group) is 1. The maximum Gasteiger partial charge on any atom is 0.243 e. The van der Waals surface area contributed by atoms with Crippen molar-refractivity contribution in [1.82, 2.24) is 9.80 Å². The van der Waals surface area contributed by atoms with Gasteiger partial charge in [-0.1, -0.05) is 6.92 Å². The molecule has 0 aromatic carbocycles. The van der Waals surface area contributed by atoms with E-state index >= 15 is 0 Å². The van der Waals surface area contributed by atoms with Crippen molar-refractivity contribution in [3.05, 3.63) is 0 Å². The van der Waals surface area contributed by atoms with Crippen LogP contribution in [-0.4, -0.2) is 47.9 Å². The summed E-state index contributed by atoms with van der Waals surface area (Å²) >= 11 is 0. The van der Waals surface area contributed by atoms with Crippen LogP contribution in [0, 0.1) is 22.7 Å². The van der Waals surface area contributed by atoms with Crippen molar-refractivity contribution in [3.63, 3.8) is 0 Å². The van der Waals surface area contributed by atoms with Gasteiger partial charge in [-0.2, -0.15) is 5.26 Å². The standard InChI is InChI=1S/C14H23N3O/c1-11-7-14(8-11,9-15)12(18)17-6-5-16(4)13(2,3)10-17/h11H,5-8,10H2,1-4H3. The summed E-state index contributed by atoms with van der Waals surface area (Å²) < 4.78 is 0. The first kappa shape index (κ1) is 13.4. The molecule has 0 spiro atoms. The van der Waals surface area contributed by atoms with Crippen LogP contribution >= 0.6 is 0 Å². The molecule has 18 heavy (non-hydrogen) atoms. The van der Waals surface area contributed by atoms with Crippen LogP contribution in [-0.2, 0) is 4.79 Å². The Hall–Kier alpha value is -1.08. The number of nitriles is 1. The van der Waals surface area contributed by atoms with Gasteiger partial charge in [-0.05, 0) is 39.7 Å². The molecule has 2 aliphatic rings. The lowest BCUT2D eigenvalue weighted by Gasteiger charge is -2.49. The van der Waals surface area contributed by atoms with E-state index in [2.05, 4.69) is 38.8 Å². The van der Waals surface area contributed by atoms with E-state index in [1.165, 1.54) is 0 Å². The summed E-state index contributed by atoms with van der Waals surface area (Å²) in [6.07, 6.45) is 1.46. The molecule has 0 N–H and O–H groups in total. The zero-order chi connectivity index (χ0) is 13.6. The van der Waals surface area contributed by atoms with Gasteiger partial charge in [0.1, 0.15) is 5.41 Å². The molecule has 1 saturated heterocycles. The van der Waals surface area contributed by atoms with E-state index in [0.29, 0.717) is 5.92 Å². The van der Waals surface area contributed by atoms with Gasteiger partial charge in [0, 0.05) is 25.2 Å². The summed E-state index contributed by atoms with van der Waals surface area (Å²) in [5.74, 6) is 0.568. The number of hydrogen-bond donors (Lipinski definition) is 0. The fourth-order valence-corrected chi connectivity index (χ4v) is 3.16. The third-order valence-corrected chi connectivity index (χ3v) is 4.62. The number of amides is 1. The van der Waals surface area contributed by atoms with Gasteiger partial charge in [0.25, 0.3) is 0 Å². The van der Waals surface area contributed by atoms with Gasteiger partial charge in [0.2, 0.25) is 5.91 Å². The van der Waals surface area contributed by atoms with Crippen LogP contribution in [0.1, 0.15) is 33.6 Å². The van der Waals surface area contributed by atoms with E-state index < -0.39 is 5.41 Å². The third-order valence-electron chi connectivity index (χ3n) is 4.62. The fraction of sp³-hybridized carbons (Fsp3) is 0.857. The number of rotatable bonds is 1. The zero-order valence-corrected chi connectivity index (χ0v) is 11.9. The van der Waals surface area contributed by atoms with Gasteiger partial charge >= 0.3 is 0 Å². The third kappa shape index (κ3) is 2.01. The first-order chi connectivity index (χ1) is 8.31. The number of carbonyl (C=O) groups excluding carboxylic acids is 1. The maximum atomic E-state index is 12.6. The van der Waals surface area contributed by atoms with Gasteiger partial charge in [0.15, 0.2) is 0 Å². The Bertz CT molecular complexity index is 390. The van der Waals surface area contributed by atoms with Crippen molar-refractivity contribution in [3.8, 4) is 6.07 Å². The molecule has 2 rings (SSSR count). The first-order valence-corrected chi connectivity index (χ1v) is 6.73. The van der Waals surface area contributed by atoms with E-state index in [0.717, 1.165) is 32.5 Å². The van der Waals surface area contributed by atoms with E-state index in [4.69, 9.17) is 0 Å². The lowest BCUT2D eigenvalue weighted by atomic mass is 9.62. The minimum absolute atomic E-state index is 0.0000804. The predicted molar refractivity (Wildman–Crippen MR) is 69.7 cm³/mol. The quantitative estimate of drug-likeness (QED) is 0.707. The molecule has 1 aliphatic carbocycles. The molecule has 1 saturated carbocycles. The molecule has 0 unspecified atom stereocenters. The highest BCUT2D eigenvalue weighted by atomic mass is 16.2. The monoisotopic (exact) mass is 249 g/mol. The Labute approximate surface area is 110 Å². The zero-order valence-electron chi connectivity index (χ0n) is 11.9. The van der Waals surface area contributed by atoms with Crippen LogP contribution in [0.25, 0.3) is 0 Å². The van der Waals surface area contributed by atoms with Crippen LogP contribution in [0.4, 0.5) is 0 Å². The molecule has 1 amide bonds. The molecule has 4 heteroatoms. The lowest BCUT2D eigenvalue weighted by molar-refractivity contribution is -0.149. The summed E-state index contributed by atoms with van der Waals surface area (Å²) in [4.78, 5) is 16.7. The number of hydrogen-bond acceptors (Lipinski definition) is 3. The summed E-state index contributed by atoms with van der Waals surface area (Å²) in [6.45, 7) is 8.76. The Morgan fingerprint density at radius 1 is 1.33 bits per heavy atom. The Morgan fingerprint density at radius 3 is 2.39 bits per heavy atom. The van der Waals surface area contributed by atoms with Crippen LogP contribution in [0.3, 0.4) is 0 Å². The van der Waals surface area contributed by atoms with E-state index in [1.54, 1.807) is 0 Å². The van der Waals surface area contributed by atoms with Crippen LogP contribution < -0.4 is 0 Å². The molecule has 4 nitrogen and oxygen atoms in total. The molecule has 0 radical (unpaired) electrons. The van der Waals surface area contributed by atoms with Crippen molar-refractivity contribution in [2.24, 2.45) is 11.3 Å². The molecule has 100 valence electrons. The average molecular weight is 249 g/mol. The second-order valence-electron chi connectivity index (χ2n) is 6.67. The summed E-state index contributed by atoms with van der Waals surface area (Å²) in [6, 6.07) is 2.28. The molecule has 1 heterocycles. The van der Waals surface area contributed by atoms with Gasteiger partial charge in [0.05, 0.1) is 6.07 Å². The average Bonchev–Trinajstić information content (AvgIpc) is 2.27. The number of piperazine rings is 1. The topological polar surface area (TPSA) is 47.3 Å². The van der Waals surface area contributed by atoms with Gasteiger partial charge in [-0.15, -0.1) is 0 Å². The van der Waals surface area contributed by atoms with E-state index in [9.17, 15) is 10.1 Å². The van der Waals surface area contributed by atoms with Crippen LogP contribution in [0.5, 0.6) is 0 Å². The first-order valence-electron chi connectivity index (χ1n) is 6.73. The Morgan fingerprint density at radius 2 is 1.94 bits per heavy atom. The number of nitrogens with zero attached hydrogens (tertiary/aromatic N) is 3. The lowest BCUT2D eigenvalue weighted by Crippen LogP contribution is -2.62. The van der Waals surface area contributed by atoms with E-state index in [-0.39, 0.29) is 11.4 Å². The molecule has 1 aliphatic heterocycles. The molecule has 0 bridgehead atoms. The molecular formula is C14H23N3O.